The van der Waals surface area contributed by atoms with Crippen LogP contribution in [0.2, 0.25) is 5.02 Å². The van der Waals surface area contributed by atoms with E-state index >= 15 is 0 Å². The first-order chi connectivity index (χ1) is 10.2. The van der Waals surface area contributed by atoms with Gasteiger partial charge in [0.05, 0.1) is 21.8 Å². The maximum absolute atomic E-state index is 13.3. The summed E-state index contributed by atoms with van der Waals surface area (Å²) in [5.74, 6) is -0.352. The third-order valence-electron chi connectivity index (χ3n) is 3.06. The summed E-state index contributed by atoms with van der Waals surface area (Å²) in [4.78, 5) is 4.20. The van der Waals surface area contributed by atoms with E-state index in [0.29, 0.717) is 32.9 Å². The topological polar surface area (TPSA) is 48.7 Å². The predicted octanol–water partition coefficient (Wildman–Crippen LogP) is 4.64. The molecule has 0 saturated heterocycles. The van der Waals surface area contributed by atoms with Crippen LogP contribution in [0.15, 0.2) is 48.7 Å². The van der Waals surface area contributed by atoms with E-state index in [2.05, 4.69) is 16.4 Å². The molecule has 1 N–H and O–H groups in total. The second-order valence-corrected chi connectivity index (χ2v) is 4.84. The van der Waals surface area contributed by atoms with E-state index in [1.54, 1.807) is 24.3 Å². The summed E-state index contributed by atoms with van der Waals surface area (Å²) in [7, 11) is 0. The van der Waals surface area contributed by atoms with E-state index in [0.717, 1.165) is 0 Å². The normalized spacial score (nSPS) is 10.3. The molecule has 21 heavy (non-hydrogen) atoms. The monoisotopic (exact) mass is 297 g/mol. The third kappa shape index (κ3) is 2.51. The Bertz CT molecular complexity index is 871. The van der Waals surface area contributed by atoms with Gasteiger partial charge in [-0.05, 0) is 24.3 Å². The number of rotatable bonds is 2. The fraction of sp³-hybridized carbons (Fsp3) is 0. The summed E-state index contributed by atoms with van der Waals surface area (Å²) in [6.07, 6.45) is 1.45. The van der Waals surface area contributed by atoms with E-state index in [4.69, 9.17) is 11.6 Å². The van der Waals surface area contributed by atoms with Crippen LogP contribution in [0.3, 0.4) is 0 Å². The Morgan fingerprint density at radius 3 is 2.76 bits per heavy atom. The lowest BCUT2D eigenvalue weighted by Gasteiger charge is -2.12. The van der Waals surface area contributed by atoms with Crippen LogP contribution < -0.4 is 5.32 Å². The smallest absolute Gasteiger partial charge is 0.125 e. The van der Waals surface area contributed by atoms with Gasteiger partial charge in [-0.1, -0.05) is 29.8 Å². The maximum atomic E-state index is 13.3. The van der Waals surface area contributed by atoms with Crippen molar-refractivity contribution in [1.82, 2.24) is 4.98 Å². The zero-order chi connectivity index (χ0) is 14.8. The average molecular weight is 298 g/mol. The molecule has 0 unspecified atom stereocenters. The number of nitriles is 1. The minimum absolute atomic E-state index is 0.352. The standard InChI is InChI=1S/C16H9ClFN3/c17-14-6-2-5-13-15(10(8-19)9-20-16(13)14)21-12-4-1-3-11(18)7-12/h1-7,9H,(H,20,21). The lowest BCUT2D eigenvalue weighted by molar-refractivity contribution is 0.628. The van der Waals surface area contributed by atoms with Gasteiger partial charge in [0.2, 0.25) is 0 Å². The van der Waals surface area contributed by atoms with Crippen molar-refractivity contribution in [3.8, 4) is 6.07 Å². The van der Waals surface area contributed by atoms with Gasteiger partial charge in [-0.25, -0.2) is 4.39 Å². The molecule has 0 amide bonds. The van der Waals surface area contributed by atoms with E-state index in [1.165, 1.54) is 18.3 Å². The number of halogens is 2. The highest BCUT2D eigenvalue weighted by Crippen LogP contribution is 2.32. The molecule has 0 atom stereocenters. The Kier molecular flexibility index (Phi) is 3.43. The molecule has 0 aliphatic rings. The first-order valence-electron chi connectivity index (χ1n) is 6.19. The zero-order valence-electron chi connectivity index (χ0n) is 10.8. The Morgan fingerprint density at radius 2 is 2.00 bits per heavy atom. The Balaban J connectivity index is 2.20. The number of pyridine rings is 1. The molecule has 0 radical (unpaired) electrons. The third-order valence-corrected chi connectivity index (χ3v) is 3.37. The molecule has 1 heterocycles. The molecular formula is C16H9ClFN3. The zero-order valence-corrected chi connectivity index (χ0v) is 11.5. The van der Waals surface area contributed by atoms with Crippen LogP contribution >= 0.6 is 11.6 Å². The van der Waals surface area contributed by atoms with Gasteiger partial charge < -0.3 is 5.32 Å². The summed E-state index contributed by atoms with van der Waals surface area (Å²) in [6.45, 7) is 0. The molecule has 0 aliphatic heterocycles. The summed E-state index contributed by atoms with van der Waals surface area (Å²) >= 11 is 6.12. The van der Waals surface area contributed by atoms with Gasteiger partial charge in [0, 0.05) is 17.3 Å². The molecule has 0 fully saturated rings. The lowest BCUT2D eigenvalue weighted by Crippen LogP contribution is -1.97. The number of benzene rings is 2. The van der Waals surface area contributed by atoms with Crippen LogP contribution in [0.5, 0.6) is 0 Å². The second kappa shape index (κ2) is 5.39. The maximum Gasteiger partial charge on any atom is 0.125 e. The van der Waals surface area contributed by atoms with Crippen LogP contribution in [-0.4, -0.2) is 4.98 Å². The van der Waals surface area contributed by atoms with E-state index in [-0.39, 0.29) is 5.82 Å². The molecule has 0 spiro atoms. The number of hydrogen-bond acceptors (Lipinski definition) is 3. The molecule has 0 saturated carbocycles. The summed E-state index contributed by atoms with van der Waals surface area (Å²) < 4.78 is 13.3. The quantitative estimate of drug-likeness (QED) is 0.749. The van der Waals surface area contributed by atoms with Crippen LogP contribution in [0.4, 0.5) is 15.8 Å². The molecule has 0 aliphatic carbocycles. The Hall–Kier alpha value is -2.64. The molecular weight excluding hydrogens is 289 g/mol. The van der Waals surface area contributed by atoms with Gasteiger partial charge in [-0.3, -0.25) is 4.98 Å². The van der Waals surface area contributed by atoms with Crippen molar-refractivity contribution in [1.29, 1.82) is 5.26 Å². The highest BCUT2D eigenvalue weighted by molar-refractivity contribution is 6.35. The van der Waals surface area contributed by atoms with Crippen molar-refractivity contribution >= 4 is 33.9 Å². The fourth-order valence-electron chi connectivity index (χ4n) is 2.12. The summed E-state index contributed by atoms with van der Waals surface area (Å²) in [6, 6.07) is 13.4. The number of hydrogen-bond donors (Lipinski definition) is 1. The molecule has 3 nitrogen and oxygen atoms in total. The van der Waals surface area contributed by atoms with Gasteiger partial charge in [0.25, 0.3) is 0 Å². The van der Waals surface area contributed by atoms with Gasteiger partial charge in [0.15, 0.2) is 0 Å². The van der Waals surface area contributed by atoms with Crippen molar-refractivity contribution in [3.05, 3.63) is 65.1 Å². The van der Waals surface area contributed by atoms with E-state index in [1.807, 2.05) is 6.07 Å². The van der Waals surface area contributed by atoms with Crippen LogP contribution in [0, 0.1) is 17.1 Å². The van der Waals surface area contributed by atoms with E-state index < -0.39 is 0 Å². The van der Waals surface area contributed by atoms with Crippen molar-refractivity contribution in [2.45, 2.75) is 0 Å². The van der Waals surface area contributed by atoms with Gasteiger partial charge in [-0.2, -0.15) is 5.26 Å². The van der Waals surface area contributed by atoms with Crippen molar-refractivity contribution in [3.63, 3.8) is 0 Å². The fourth-order valence-corrected chi connectivity index (χ4v) is 2.34. The van der Waals surface area contributed by atoms with Gasteiger partial charge in [-0.15, -0.1) is 0 Å². The molecule has 102 valence electrons. The lowest BCUT2D eigenvalue weighted by atomic mass is 10.1. The minimum Gasteiger partial charge on any atom is -0.354 e. The number of fused-ring (bicyclic) bond motifs is 1. The second-order valence-electron chi connectivity index (χ2n) is 4.43. The SMILES string of the molecule is N#Cc1cnc2c(Cl)cccc2c1Nc1cccc(F)c1. The van der Waals surface area contributed by atoms with Crippen molar-refractivity contribution in [2.75, 3.05) is 5.32 Å². The molecule has 0 bridgehead atoms. The largest absolute Gasteiger partial charge is 0.354 e. The van der Waals surface area contributed by atoms with Crippen molar-refractivity contribution in [2.24, 2.45) is 0 Å². The molecule has 1 aromatic heterocycles. The van der Waals surface area contributed by atoms with Crippen molar-refractivity contribution < 1.29 is 4.39 Å². The van der Waals surface area contributed by atoms with Gasteiger partial charge in [0.1, 0.15) is 11.9 Å². The molecule has 3 rings (SSSR count). The Labute approximate surface area is 125 Å². The minimum atomic E-state index is -0.352. The molecule has 5 heteroatoms. The first-order valence-corrected chi connectivity index (χ1v) is 6.57. The number of para-hydroxylation sites is 1. The summed E-state index contributed by atoms with van der Waals surface area (Å²) in [5.41, 5.74) is 2.08. The first kappa shape index (κ1) is 13.3. The van der Waals surface area contributed by atoms with E-state index in [9.17, 15) is 9.65 Å². The number of anilines is 2. The molecule has 3 aromatic rings. The van der Waals surface area contributed by atoms with Crippen LogP contribution in [-0.2, 0) is 0 Å². The molecule has 2 aromatic carbocycles. The average Bonchev–Trinajstić information content (AvgIpc) is 2.48. The van der Waals surface area contributed by atoms with Crippen LogP contribution in [0.1, 0.15) is 5.56 Å². The number of nitrogens with one attached hydrogen (secondary N) is 1. The highest BCUT2D eigenvalue weighted by Gasteiger charge is 2.11. The Morgan fingerprint density at radius 1 is 1.19 bits per heavy atom. The van der Waals surface area contributed by atoms with Gasteiger partial charge >= 0.3 is 0 Å². The predicted molar refractivity (Wildman–Crippen MR) is 81.2 cm³/mol. The highest BCUT2D eigenvalue weighted by atomic mass is 35.5. The van der Waals surface area contributed by atoms with Crippen LogP contribution in [0.25, 0.3) is 10.9 Å². The number of nitrogens with zero attached hydrogens (tertiary/aromatic N) is 2. The summed E-state index contributed by atoms with van der Waals surface area (Å²) in [5, 5.41) is 13.5. The number of aromatic nitrogens is 1.